The van der Waals surface area contributed by atoms with Gasteiger partial charge in [-0.2, -0.15) is 0 Å². The van der Waals surface area contributed by atoms with Crippen LogP contribution in [0.3, 0.4) is 0 Å². The molecule has 1 aliphatic rings. The minimum atomic E-state index is -1.23. The van der Waals surface area contributed by atoms with Crippen LogP contribution < -0.4 is 0 Å². The SMILES string of the molecule is CN(Cc1cc(F)cc(F)c1F)C(=O)C1(C)CC1. The molecule has 0 spiro atoms. The Kier molecular flexibility index (Phi) is 3.09. The van der Waals surface area contributed by atoms with Gasteiger partial charge in [-0.15, -0.1) is 0 Å². The van der Waals surface area contributed by atoms with E-state index in [-0.39, 0.29) is 23.4 Å². The third-order valence-electron chi connectivity index (χ3n) is 3.34. The van der Waals surface area contributed by atoms with Gasteiger partial charge >= 0.3 is 0 Å². The lowest BCUT2D eigenvalue weighted by Gasteiger charge is -2.21. The van der Waals surface area contributed by atoms with Crippen molar-refractivity contribution in [1.29, 1.82) is 0 Å². The second kappa shape index (κ2) is 4.30. The molecule has 5 heteroatoms. The molecule has 1 aromatic rings. The third-order valence-corrected chi connectivity index (χ3v) is 3.34. The van der Waals surface area contributed by atoms with Crippen LogP contribution in [-0.4, -0.2) is 17.9 Å². The number of hydrogen-bond acceptors (Lipinski definition) is 1. The van der Waals surface area contributed by atoms with Crippen molar-refractivity contribution in [1.82, 2.24) is 4.90 Å². The van der Waals surface area contributed by atoms with Crippen LogP contribution in [0.4, 0.5) is 13.2 Å². The van der Waals surface area contributed by atoms with E-state index in [1.165, 1.54) is 11.9 Å². The fourth-order valence-electron chi connectivity index (χ4n) is 1.91. The highest BCUT2D eigenvalue weighted by Gasteiger charge is 2.46. The summed E-state index contributed by atoms with van der Waals surface area (Å²) >= 11 is 0. The predicted molar refractivity (Wildman–Crippen MR) is 60.1 cm³/mol. The molecule has 0 heterocycles. The van der Waals surface area contributed by atoms with E-state index in [4.69, 9.17) is 0 Å². The van der Waals surface area contributed by atoms with Crippen LogP contribution in [-0.2, 0) is 11.3 Å². The number of nitrogens with zero attached hydrogens (tertiary/aromatic N) is 1. The number of carbonyl (C=O) groups excluding carboxylic acids is 1. The molecule has 18 heavy (non-hydrogen) atoms. The largest absolute Gasteiger partial charge is 0.341 e. The number of amides is 1. The Morgan fingerprint density at radius 2 is 1.94 bits per heavy atom. The Labute approximate surface area is 103 Å². The van der Waals surface area contributed by atoms with Gasteiger partial charge in [0.2, 0.25) is 5.91 Å². The zero-order valence-electron chi connectivity index (χ0n) is 10.3. The Balaban J connectivity index is 2.16. The van der Waals surface area contributed by atoms with E-state index >= 15 is 0 Å². The summed E-state index contributed by atoms with van der Waals surface area (Å²) in [5.74, 6) is -3.30. The summed E-state index contributed by atoms with van der Waals surface area (Å²) < 4.78 is 39.5. The molecule has 1 fully saturated rings. The third kappa shape index (κ3) is 2.35. The fraction of sp³-hybridized carbons (Fsp3) is 0.462. The van der Waals surface area contributed by atoms with Crippen molar-refractivity contribution in [2.75, 3.05) is 7.05 Å². The molecule has 0 bridgehead atoms. The summed E-state index contributed by atoms with van der Waals surface area (Å²) in [4.78, 5) is 13.2. The molecule has 1 aliphatic carbocycles. The first-order valence-corrected chi connectivity index (χ1v) is 5.72. The molecule has 1 aromatic carbocycles. The number of hydrogen-bond donors (Lipinski definition) is 0. The summed E-state index contributed by atoms with van der Waals surface area (Å²) in [5, 5.41) is 0. The van der Waals surface area contributed by atoms with Gasteiger partial charge in [0.1, 0.15) is 5.82 Å². The lowest BCUT2D eigenvalue weighted by atomic mass is 10.1. The Bertz CT molecular complexity index is 497. The minimum absolute atomic E-state index is 0.119. The quantitative estimate of drug-likeness (QED) is 0.762. The summed E-state index contributed by atoms with van der Waals surface area (Å²) in [5.41, 5.74) is -0.524. The van der Waals surface area contributed by atoms with E-state index < -0.39 is 17.5 Å². The summed E-state index contributed by atoms with van der Waals surface area (Å²) in [7, 11) is 1.51. The molecule has 0 atom stereocenters. The van der Waals surface area contributed by atoms with Crippen LogP contribution in [0.15, 0.2) is 12.1 Å². The molecule has 0 aliphatic heterocycles. The molecule has 0 unspecified atom stereocenters. The zero-order chi connectivity index (χ0) is 13.5. The smallest absolute Gasteiger partial charge is 0.228 e. The lowest BCUT2D eigenvalue weighted by Crippen LogP contribution is -2.32. The van der Waals surface area contributed by atoms with Gasteiger partial charge in [-0.3, -0.25) is 4.79 Å². The van der Waals surface area contributed by atoms with Crippen LogP contribution >= 0.6 is 0 Å². The van der Waals surface area contributed by atoms with Crippen LogP contribution in [0.1, 0.15) is 25.3 Å². The molecular formula is C13H14F3NO. The van der Waals surface area contributed by atoms with E-state index in [9.17, 15) is 18.0 Å². The van der Waals surface area contributed by atoms with Crippen LogP contribution in [0, 0.1) is 22.9 Å². The van der Waals surface area contributed by atoms with Crippen molar-refractivity contribution in [3.05, 3.63) is 35.1 Å². The molecule has 98 valence electrons. The molecule has 0 radical (unpaired) electrons. The van der Waals surface area contributed by atoms with Crippen molar-refractivity contribution in [3.63, 3.8) is 0 Å². The van der Waals surface area contributed by atoms with Crippen molar-refractivity contribution in [2.45, 2.75) is 26.3 Å². The number of rotatable bonds is 3. The number of carbonyl (C=O) groups is 1. The van der Waals surface area contributed by atoms with Gasteiger partial charge in [-0.25, -0.2) is 13.2 Å². The first kappa shape index (κ1) is 12.9. The summed E-state index contributed by atoms with van der Waals surface area (Å²) in [6.07, 6.45) is 1.60. The number of halogens is 3. The minimum Gasteiger partial charge on any atom is -0.341 e. The van der Waals surface area contributed by atoms with Crippen LogP contribution in [0.5, 0.6) is 0 Å². The molecular weight excluding hydrogens is 243 g/mol. The van der Waals surface area contributed by atoms with Gasteiger partial charge in [-0.05, 0) is 18.9 Å². The normalized spacial score (nSPS) is 16.5. The number of benzene rings is 1. The average Bonchev–Trinajstić information content (AvgIpc) is 3.03. The maximum absolute atomic E-state index is 13.4. The molecule has 0 N–H and O–H groups in total. The molecule has 1 amide bonds. The fourth-order valence-corrected chi connectivity index (χ4v) is 1.91. The van der Waals surface area contributed by atoms with Crippen molar-refractivity contribution < 1.29 is 18.0 Å². The van der Waals surface area contributed by atoms with Gasteiger partial charge in [0.05, 0.1) is 0 Å². The Morgan fingerprint density at radius 1 is 1.33 bits per heavy atom. The van der Waals surface area contributed by atoms with E-state index in [0.29, 0.717) is 6.07 Å². The van der Waals surface area contributed by atoms with Crippen LogP contribution in [0.25, 0.3) is 0 Å². The highest BCUT2D eigenvalue weighted by Crippen LogP contribution is 2.46. The van der Waals surface area contributed by atoms with Crippen molar-refractivity contribution >= 4 is 5.91 Å². The zero-order valence-corrected chi connectivity index (χ0v) is 10.3. The molecule has 2 nitrogen and oxygen atoms in total. The molecule has 2 rings (SSSR count). The van der Waals surface area contributed by atoms with E-state index in [0.717, 1.165) is 18.9 Å². The highest BCUT2D eigenvalue weighted by molar-refractivity contribution is 5.84. The Hall–Kier alpha value is -1.52. The maximum atomic E-state index is 13.4. The van der Waals surface area contributed by atoms with Crippen molar-refractivity contribution in [3.8, 4) is 0 Å². The molecule has 1 saturated carbocycles. The monoisotopic (exact) mass is 257 g/mol. The maximum Gasteiger partial charge on any atom is 0.228 e. The van der Waals surface area contributed by atoms with Gasteiger partial charge in [-0.1, -0.05) is 6.92 Å². The topological polar surface area (TPSA) is 20.3 Å². The van der Waals surface area contributed by atoms with Gasteiger partial charge < -0.3 is 4.90 Å². The van der Waals surface area contributed by atoms with Crippen molar-refractivity contribution in [2.24, 2.45) is 5.41 Å². The first-order valence-electron chi connectivity index (χ1n) is 5.72. The van der Waals surface area contributed by atoms with E-state index in [1.54, 1.807) is 0 Å². The Morgan fingerprint density at radius 3 is 2.50 bits per heavy atom. The van der Waals surface area contributed by atoms with Crippen LogP contribution in [0.2, 0.25) is 0 Å². The summed E-state index contributed by atoms with van der Waals surface area (Å²) in [6.45, 7) is 1.70. The molecule has 0 saturated heterocycles. The second-order valence-electron chi connectivity index (χ2n) is 5.08. The van der Waals surface area contributed by atoms with E-state index in [1.807, 2.05) is 6.92 Å². The first-order chi connectivity index (χ1) is 8.33. The van der Waals surface area contributed by atoms with E-state index in [2.05, 4.69) is 0 Å². The predicted octanol–water partition coefficient (Wildman–Crippen LogP) is 2.86. The standard InChI is InChI=1S/C13H14F3NO/c1-13(3-4-13)12(18)17(2)7-8-5-9(14)6-10(15)11(8)16/h5-6H,3-4,7H2,1-2H3. The second-order valence-corrected chi connectivity index (χ2v) is 5.08. The van der Waals surface area contributed by atoms with Gasteiger partial charge in [0, 0.05) is 30.6 Å². The molecule has 0 aromatic heterocycles. The summed E-state index contributed by atoms with van der Waals surface area (Å²) in [6, 6.07) is 1.40. The van der Waals surface area contributed by atoms with Gasteiger partial charge in [0.15, 0.2) is 11.6 Å². The van der Waals surface area contributed by atoms with Gasteiger partial charge in [0.25, 0.3) is 0 Å². The highest BCUT2D eigenvalue weighted by atomic mass is 19.2. The average molecular weight is 257 g/mol. The lowest BCUT2D eigenvalue weighted by molar-refractivity contribution is -0.135.